The van der Waals surface area contributed by atoms with Crippen LogP contribution >= 0.6 is 11.6 Å². The molecule has 0 aliphatic heterocycles. The van der Waals surface area contributed by atoms with Gasteiger partial charge in [0.05, 0.1) is 0 Å². The molecule has 0 atom stereocenters. The van der Waals surface area contributed by atoms with Crippen LogP contribution in [0.1, 0.15) is 16.8 Å². The molecule has 0 aliphatic rings. The predicted octanol–water partition coefficient (Wildman–Crippen LogP) is 5.89. The van der Waals surface area contributed by atoms with Crippen LogP contribution in [-0.4, -0.2) is 20.2 Å². The van der Waals surface area contributed by atoms with Gasteiger partial charge in [-0.1, -0.05) is 29.8 Å². The third-order valence-electron chi connectivity index (χ3n) is 4.49. The summed E-state index contributed by atoms with van der Waals surface area (Å²) in [5.41, 5.74) is 0.708. The molecule has 2 aromatic heterocycles. The first-order chi connectivity index (χ1) is 16.3. The first-order valence-corrected chi connectivity index (χ1v) is 10.1. The summed E-state index contributed by atoms with van der Waals surface area (Å²) in [7, 11) is 0. The summed E-state index contributed by atoms with van der Waals surface area (Å²) in [6.45, 7) is 0.341. The number of hydrogen-bond acceptors (Lipinski definition) is 7. The van der Waals surface area contributed by atoms with Crippen LogP contribution in [0, 0.1) is 11.3 Å². The van der Waals surface area contributed by atoms with E-state index in [1.54, 1.807) is 48.5 Å². The van der Waals surface area contributed by atoms with E-state index in [-0.39, 0.29) is 5.75 Å². The van der Waals surface area contributed by atoms with Crippen molar-refractivity contribution in [3.8, 4) is 17.8 Å². The highest BCUT2D eigenvalue weighted by molar-refractivity contribution is 6.30. The lowest BCUT2D eigenvalue weighted by Gasteiger charge is -2.09. The van der Waals surface area contributed by atoms with Gasteiger partial charge in [0, 0.05) is 23.5 Å². The Morgan fingerprint density at radius 2 is 1.91 bits per heavy atom. The van der Waals surface area contributed by atoms with Crippen molar-refractivity contribution in [2.45, 2.75) is 12.7 Å². The van der Waals surface area contributed by atoms with Gasteiger partial charge in [-0.2, -0.15) is 28.5 Å². The normalized spacial score (nSPS) is 11.0. The molecule has 0 unspecified atom stereocenters. The lowest BCUT2D eigenvalue weighted by molar-refractivity contribution is -0.141. The molecule has 0 fully saturated rings. The zero-order valence-corrected chi connectivity index (χ0v) is 17.9. The van der Waals surface area contributed by atoms with Gasteiger partial charge in [-0.3, -0.25) is 5.10 Å². The van der Waals surface area contributed by atoms with Crippen LogP contribution in [0.15, 0.2) is 60.8 Å². The molecule has 12 heteroatoms. The van der Waals surface area contributed by atoms with Gasteiger partial charge in [-0.25, -0.2) is 4.98 Å². The lowest BCUT2D eigenvalue weighted by atomic mass is 10.2. The van der Waals surface area contributed by atoms with E-state index < -0.39 is 17.9 Å². The minimum Gasteiger partial charge on any atom is -0.424 e. The number of aromatic nitrogens is 4. The largest absolute Gasteiger partial charge is 0.433 e. The molecule has 0 amide bonds. The van der Waals surface area contributed by atoms with Crippen molar-refractivity contribution >= 4 is 28.9 Å². The molecule has 3 N–H and O–H groups in total. The van der Waals surface area contributed by atoms with Gasteiger partial charge in [0.1, 0.15) is 23.2 Å². The average molecular weight is 486 g/mol. The summed E-state index contributed by atoms with van der Waals surface area (Å²) >= 11 is 5.98. The maximum absolute atomic E-state index is 12.8. The van der Waals surface area contributed by atoms with Crippen molar-refractivity contribution in [2.75, 3.05) is 10.6 Å². The number of benzene rings is 2. The molecule has 8 nitrogen and oxygen atoms in total. The van der Waals surface area contributed by atoms with Gasteiger partial charge >= 0.3 is 12.2 Å². The van der Waals surface area contributed by atoms with Gasteiger partial charge in [-0.15, -0.1) is 0 Å². The van der Waals surface area contributed by atoms with Crippen LogP contribution in [0.4, 0.5) is 30.5 Å². The fraction of sp³-hybridized carbons (Fsp3) is 0.0909. The van der Waals surface area contributed by atoms with E-state index in [2.05, 4.69) is 36.9 Å². The third-order valence-corrected chi connectivity index (χ3v) is 4.73. The number of rotatable bonds is 7. The number of anilines is 3. The van der Waals surface area contributed by atoms with Crippen LogP contribution in [0.2, 0.25) is 5.02 Å². The molecular formula is C22H15ClF3N7O. The molecule has 172 valence electrons. The Morgan fingerprint density at radius 1 is 1.12 bits per heavy atom. The van der Waals surface area contributed by atoms with Crippen molar-refractivity contribution < 1.29 is 17.9 Å². The fourth-order valence-electron chi connectivity index (χ4n) is 2.89. The Balaban J connectivity index is 1.39. The Hall–Kier alpha value is -4.30. The van der Waals surface area contributed by atoms with E-state index >= 15 is 0 Å². The monoisotopic (exact) mass is 485 g/mol. The van der Waals surface area contributed by atoms with E-state index in [4.69, 9.17) is 16.3 Å². The molecule has 4 rings (SSSR count). The van der Waals surface area contributed by atoms with Crippen LogP contribution in [0.5, 0.6) is 11.8 Å². The summed E-state index contributed by atoms with van der Waals surface area (Å²) in [4.78, 5) is 7.07. The van der Waals surface area contributed by atoms with Crippen molar-refractivity contribution in [2.24, 2.45) is 0 Å². The third kappa shape index (κ3) is 5.54. The Labute approximate surface area is 196 Å². The van der Waals surface area contributed by atoms with E-state index in [1.807, 2.05) is 0 Å². The van der Waals surface area contributed by atoms with Crippen LogP contribution in [0.25, 0.3) is 0 Å². The molecule has 2 aromatic carbocycles. The molecule has 2 heterocycles. The highest BCUT2D eigenvalue weighted by Gasteiger charge is 2.33. The number of nitriles is 1. The summed E-state index contributed by atoms with van der Waals surface area (Å²) in [6, 6.07) is 16.0. The fourth-order valence-corrected chi connectivity index (χ4v) is 3.08. The number of nitrogens with one attached hydrogen (secondary N) is 3. The number of hydrogen-bond donors (Lipinski definition) is 3. The van der Waals surface area contributed by atoms with Crippen LogP contribution < -0.4 is 15.4 Å². The zero-order valence-electron chi connectivity index (χ0n) is 17.2. The number of ether oxygens (including phenoxy) is 1. The lowest BCUT2D eigenvalue weighted by Crippen LogP contribution is -2.08. The van der Waals surface area contributed by atoms with Gasteiger partial charge in [-0.05, 0) is 42.0 Å². The minimum atomic E-state index is -4.59. The molecular weight excluding hydrogens is 471 g/mol. The van der Waals surface area contributed by atoms with Crippen molar-refractivity contribution in [1.29, 1.82) is 5.26 Å². The van der Waals surface area contributed by atoms with Crippen LogP contribution in [0.3, 0.4) is 0 Å². The van der Waals surface area contributed by atoms with Gasteiger partial charge < -0.3 is 15.4 Å². The average Bonchev–Trinajstić information content (AvgIpc) is 3.19. The number of H-pyrrole nitrogens is 1. The van der Waals surface area contributed by atoms with E-state index in [9.17, 15) is 18.4 Å². The maximum Gasteiger partial charge on any atom is 0.433 e. The molecule has 0 saturated carbocycles. The quantitative estimate of drug-likeness (QED) is 0.299. The van der Waals surface area contributed by atoms with Crippen molar-refractivity contribution in [3.05, 3.63) is 82.6 Å². The molecule has 0 bridgehead atoms. The second kappa shape index (κ2) is 9.68. The molecule has 4 aromatic rings. The van der Waals surface area contributed by atoms with Gasteiger partial charge in [0.25, 0.3) is 0 Å². The van der Waals surface area contributed by atoms with Crippen LogP contribution in [-0.2, 0) is 12.7 Å². The highest BCUT2D eigenvalue weighted by Crippen LogP contribution is 2.29. The summed E-state index contributed by atoms with van der Waals surface area (Å²) in [6.07, 6.45) is -3.61. The highest BCUT2D eigenvalue weighted by atomic mass is 35.5. The molecule has 0 saturated heterocycles. The Morgan fingerprint density at radius 3 is 2.62 bits per heavy atom. The summed E-state index contributed by atoms with van der Waals surface area (Å²) < 4.78 is 43.6. The topological polar surface area (TPSA) is 112 Å². The maximum atomic E-state index is 12.8. The van der Waals surface area contributed by atoms with Crippen molar-refractivity contribution in [1.82, 2.24) is 20.2 Å². The van der Waals surface area contributed by atoms with Gasteiger partial charge in [0.15, 0.2) is 11.5 Å². The molecule has 0 spiro atoms. The molecule has 34 heavy (non-hydrogen) atoms. The second-order valence-corrected chi connectivity index (χ2v) is 7.33. The predicted molar refractivity (Wildman–Crippen MR) is 119 cm³/mol. The van der Waals surface area contributed by atoms with Crippen molar-refractivity contribution in [3.63, 3.8) is 0 Å². The number of aromatic amines is 1. The number of nitrogens with zero attached hydrogens (tertiary/aromatic N) is 4. The van der Waals surface area contributed by atoms with E-state index in [1.165, 1.54) is 0 Å². The first kappa shape index (κ1) is 22.9. The summed E-state index contributed by atoms with van der Waals surface area (Å²) in [5, 5.41) is 23.1. The zero-order chi connectivity index (χ0) is 24.1. The standard InChI is InChI=1S/C22H15ClF3N7O/c23-14-2-1-3-15(10-14)30-20-17(11-27)19(32-33-20)29-12-13-4-6-16(7-5-13)34-21-28-9-8-18(31-21)22(24,25)26/h1-10H,12H2,(H3,29,30,32,33). The first-order valence-electron chi connectivity index (χ1n) is 9.74. The Bertz CT molecular complexity index is 1330. The smallest absolute Gasteiger partial charge is 0.424 e. The number of halogens is 4. The van der Waals surface area contributed by atoms with E-state index in [0.717, 1.165) is 17.8 Å². The SMILES string of the molecule is N#Cc1c(Nc2cccc(Cl)c2)n[nH]c1NCc1ccc(Oc2nccc(C(F)(F)F)n2)cc1. The number of alkyl halides is 3. The summed E-state index contributed by atoms with van der Waals surface area (Å²) in [5.74, 6) is 1.04. The minimum absolute atomic E-state index is 0.273. The second-order valence-electron chi connectivity index (χ2n) is 6.89. The Kier molecular flexibility index (Phi) is 6.51. The van der Waals surface area contributed by atoms with E-state index in [0.29, 0.717) is 34.5 Å². The molecule has 0 aliphatic carbocycles. The van der Waals surface area contributed by atoms with Gasteiger partial charge in [0.2, 0.25) is 0 Å². The molecule has 0 radical (unpaired) electrons.